The van der Waals surface area contributed by atoms with Crippen LogP contribution in [0.2, 0.25) is 0 Å². The molecule has 0 atom stereocenters. The lowest BCUT2D eigenvalue weighted by Crippen LogP contribution is -2.37. The quantitative estimate of drug-likeness (QED) is 0.566. The van der Waals surface area contributed by atoms with Crippen molar-refractivity contribution in [3.63, 3.8) is 0 Å². The molecule has 1 aliphatic rings. The Morgan fingerprint density at radius 2 is 1.88 bits per heavy atom. The van der Waals surface area contributed by atoms with Crippen molar-refractivity contribution in [3.05, 3.63) is 53.1 Å². The van der Waals surface area contributed by atoms with Crippen LogP contribution in [0, 0.1) is 27.7 Å². The smallest absolute Gasteiger partial charge is 0.225 e. The average molecular weight is 435 g/mol. The van der Waals surface area contributed by atoms with Gasteiger partial charge in [-0.15, -0.1) is 0 Å². The maximum atomic E-state index is 5.93. The van der Waals surface area contributed by atoms with Crippen molar-refractivity contribution < 1.29 is 9.47 Å². The van der Waals surface area contributed by atoms with Gasteiger partial charge in [-0.25, -0.2) is 19.9 Å². The molecule has 2 aromatic heterocycles. The van der Waals surface area contributed by atoms with Crippen LogP contribution in [0.4, 0.5) is 11.8 Å². The number of hydrogen-bond donors (Lipinski definition) is 1. The Morgan fingerprint density at radius 3 is 2.66 bits per heavy atom. The molecule has 1 saturated heterocycles. The third kappa shape index (κ3) is 5.13. The minimum Gasteiger partial charge on any atom is -0.491 e. The van der Waals surface area contributed by atoms with E-state index in [-0.39, 0.29) is 0 Å². The molecule has 0 bridgehead atoms. The van der Waals surface area contributed by atoms with Crippen LogP contribution in [0.1, 0.15) is 22.6 Å². The summed E-state index contributed by atoms with van der Waals surface area (Å²) in [6.07, 6.45) is 1.85. The Kier molecular flexibility index (Phi) is 6.80. The van der Waals surface area contributed by atoms with E-state index in [1.165, 1.54) is 11.1 Å². The zero-order chi connectivity index (χ0) is 22.5. The summed E-state index contributed by atoms with van der Waals surface area (Å²) in [7, 11) is 0. The largest absolute Gasteiger partial charge is 0.491 e. The fraction of sp³-hybridized carbons (Fsp3) is 0.417. The molecule has 4 rings (SSSR count). The summed E-state index contributed by atoms with van der Waals surface area (Å²) < 4.78 is 11.4. The highest BCUT2D eigenvalue weighted by Gasteiger charge is 2.16. The van der Waals surface area contributed by atoms with Crippen LogP contribution in [-0.4, -0.2) is 59.4 Å². The molecule has 1 N–H and O–H groups in total. The third-order valence-electron chi connectivity index (χ3n) is 5.60. The highest BCUT2D eigenvalue weighted by Crippen LogP contribution is 2.24. The molecule has 0 aliphatic carbocycles. The second-order valence-electron chi connectivity index (χ2n) is 7.93. The van der Waals surface area contributed by atoms with E-state index < -0.39 is 0 Å². The molecule has 3 aromatic rings. The second-order valence-corrected chi connectivity index (χ2v) is 7.93. The first-order valence-corrected chi connectivity index (χ1v) is 11.0. The molecule has 0 unspecified atom stereocenters. The summed E-state index contributed by atoms with van der Waals surface area (Å²) in [5.41, 5.74) is 5.00. The van der Waals surface area contributed by atoms with Gasteiger partial charge in [-0.3, -0.25) is 0 Å². The van der Waals surface area contributed by atoms with E-state index in [1.54, 1.807) is 0 Å². The molecule has 168 valence electrons. The molecule has 0 amide bonds. The minimum atomic E-state index is 0.541. The van der Waals surface area contributed by atoms with Crippen molar-refractivity contribution in [1.82, 2.24) is 19.9 Å². The first-order valence-electron chi connectivity index (χ1n) is 11.0. The van der Waals surface area contributed by atoms with Gasteiger partial charge in [0.15, 0.2) is 0 Å². The number of morpholine rings is 1. The van der Waals surface area contributed by atoms with Gasteiger partial charge in [0, 0.05) is 30.9 Å². The van der Waals surface area contributed by atoms with E-state index >= 15 is 0 Å². The van der Waals surface area contributed by atoms with E-state index in [0.717, 1.165) is 47.6 Å². The van der Waals surface area contributed by atoms with Crippen LogP contribution in [0.3, 0.4) is 0 Å². The summed E-state index contributed by atoms with van der Waals surface area (Å²) in [5, 5.41) is 3.34. The summed E-state index contributed by atoms with van der Waals surface area (Å²) >= 11 is 0. The zero-order valence-electron chi connectivity index (χ0n) is 19.2. The van der Waals surface area contributed by atoms with Crippen LogP contribution in [0.15, 0.2) is 30.5 Å². The van der Waals surface area contributed by atoms with E-state index in [1.807, 2.05) is 38.2 Å². The van der Waals surface area contributed by atoms with E-state index in [2.05, 4.69) is 45.1 Å². The highest BCUT2D eigenvalue weighted by atomic mass is 16.5. The number of aryl methyl sites for hydroxylation is 3. The normalized spacial score (nSPS) is 13.8. The number of nitrogens with one attached hydrogen (secondary N) is 1. The molecule has 8 nitrogen and oxygen atoms in total. The highest BCUT2D eigenvalue weighted by molar-refractivity contribution is 5.64. The molecular weight excluding hydrogens is 404 g/mol. The van der Waals surface area contributed by atoms with Gasteiger partial charge < -0.3 is 19.7 Å². The number of aromatic nitrogens is 4. The van der Waals surface area contributed by atoms with Crippen molar-refractivity contribution >= 4 is 11.8 Å². The van der Waals surface area contributed by atoms with Crippen molar-refractivity contribution in [2.24, 2.45) is 0 Å². The fourth-order valence-corrected chi connectivity index (χ4v) is 3.64. The number of rotatable bonds is 7. The van der Waals surface area contributed by atoms with Gasteiger partial charge in [-0.05, 0) is 44.9 Å². The Hall–Kier alpha value is -3.26. The van der Waals surface area contributed by atoms with Crippen molar-refractivity contribution in [2.45, 2.75) is 27.7 Å². The van der Waals surface area contributed by atoms with Crippen LogP contribution >= 0.6 is 0 Å². The van der Waals surface area contributed by atoms with Crippen LogP contribution < -0.4 is 15.0 Å². The molecule has 0 spiro atoms. The summed E-state index contributed by atoms with van der Waals surface area (Å²) in [4.78, 5) is 20.6. The molecule has 8 heteroatoms. The fourth-order valence-electron chi connectivity index (χ4n) is 3.64. The van der Waals surface area contributed by atoms with E-state index in [4.69, 9.17) is 14.5 Å². The Balaban J connectivity index is 1.42. The van der Waals surface area contributed by atoms with Gasteiger partial charge in [0.2, 0.25) is 5.95 Å². The maximum absolute atomic E-state index is 5.93. The second kappa shape index (κ2) is 9.91. The topological polar surface area (TPSA) is 85.3 Å². The lowest BCUT2D eigenvalue weighted by molar-refractivity contribution is 0.122. The predicted molar refractivity (Wildman–Crippen MR) is 125 cm³/mol. The SMILES string of the molecule is Cc1nc(NCCOc2cccc(C)c2C)cc(-c2cnc(N3CCOCC3)nc2C)n1. The number of benzene rings is 1. The first kappa shape index (κ1) is 22.0. The summed E-state index contributed by atoms with van der Waals surface area (Å²) in [6.45, 7) is 12.2. The summed E-state index contributed by atoms with van der Waals surface area (Å²) in [6, 6.07) is 8.04. The lowest BCUT2D eigenvalue weighted by atomic mass is 10.1. The maximum Gasteiger partial charge on any atom is 0.225 e. The first-order chi connectivity index (χ1) is 15.5. The van der Waals surface area contributed by atoms with Gasteiger partial charge >= 0.3 is 0 Å². The van der Waals surface area contributed by atoms with Gasteiger partial charge in [0.1, 0.15) is 24.0 Å². The number of nitrogens with zero attached hydrogens (tertiary/aromatic N) is 5. The number of ether oxygens (including phenoxy) is 2. The van der Waals surface area contributed by atoms with Crippen LogP contribution in [0.5, 0.6) is 5.75 Å². The molecule has 1 aromatic carbocycles. The molecule has 3 heterocycles. The summed E-state index contributed by atoms with van der Waals surface area (Å²) in [5.74, 6) is 3.10. The van der Waals surface area contributed by atoms with Gasteiger partial charge in [-0.2, -0.15) is 0 Å². The van der Waals surface area contributed by atoms with Gasteiger partial charge in [0.25, 0.3) is 0 Å². The van der Waals surface area contributed by atoms with Crippen molar-refractivity contribution in [2.75, 3.05) is 49.7 Å². The monoisotopic (exact) mass is 434 g/mol. The molecule has 1 fully saturated rings. The van der Waals surface area contributed by atoms with Crippen molar-refractivity contribution in [1.29, 1.82) is 0 Å². The van der Waals surface area contributed by atoms with Crippen molar-refractivity contribution in [3.8, 4) is 17.0 Å². The Morgan fingerprint density at radius 1 is 1.06 bits per heavy atom. The van der Waals surface area contributed by atoms with Crippen LogP contribution in [0.25, 0.3) is 11.3 Å². The molecule has 1 aliphatic heterocycles. The molecule has 0 radical (unpaired) electrons. The Labute approximate surface area is 189 Å². The molecule has 0 saturated carbocycles. The lowest BCUT2D eigenvalue weighted by Gasteiger charge is -2.27. The average Bonchev–Trinajstić information content (AvgIpc) is 2.79. The van der Waals surface area contributed by atoms with Gasteiger partial charge in [-0.1, -0.05) is 12.1 Å². The van der Waals surface area contributed by atoms with E-state index in [9.17, 15) is 0 Å². The Bertz CT molecular complexity index is 1080. The minimum absolute atomic E-state index is 0.541. The molecule has 32 heavy (non-hydrogen) atoms. The van der Waals surface area contributed by atoms with E-state index in [0.29, 0.717) is 32.2 Å². The standard InChI is InChI=1S/C24H30N6O2/c1-16-6-5-7-22(17(16)2)32-11-8-25-23-14-21(28-19(4)29-23)20-15-26-24(27-18(20)3)30-9-12-31-13-10-30/h5-7,14-15H,8-13H2,1-4H3,(H,25,28,29). The van der Waals surface area contributed by atoms with Crippen LogP contribution in [-0.2, 0) is 4.74 Å². The predicted octanol–water partition coefficient (Wildman–Crippen LogP) is 3.49. The molecular formula is C24H30N6O2. The number of anilines is 2. The third-order valence-corrected chi connectivity index (χ3v) is 5.60. The zero-order valence-corrected chi connectivity index (χ0v) is 19.2. The number of hydrogen-bond acceptors (Lipinski definition) is 8. The van der Waals surface area contributed by atoms with Gasteiger partial charge in [0.05, 0.1) is 31.1 Å².